The molecule has 0 saturated carbocycles. The van der Waals surface area contributed by atoms with Crippen LogP contribution in [-0.4, -0.2) is 57.6 Å². The molecule has 0 aliphatic carbocycles. The highest BCUT2D eigenvalue weighted by molar-refractivity contribution is 7.92. The minimum atomic E-state index is -3.64. The van der Waals surface area contributed by atoms with Crippen molar-refractivity contribution in [2.24, 2.45) is 0 Å². The number of carbonyl (C=O) groups is 2. The fraction of sp³-hybridized carbons (Fsp3) is 0.440. The molecule has 0 unspecified atom stereocenters. The van der Waals surface area contributed by atoms with E-state index >= 15 is 0 Å². The highest BCUT2D eigenvalue weighted by Crippen LogP contribution is 2.30. The highest BCUT2D eigenvalue weighted by atomic mass is 35.5. The Hall–Kier alpha value is -2.49. The molecular weight excluding hydrogens is 525 g/mol. The van der Waals surface area contributed by atoms with Gasteiger partial charge in [-0.15, -0.1) is 0 Å². The van der Waals surface area contributed by atoms with E-state index in [1.165, 1.54) is 22.4 Å². The minimum absolute atomic E-state index is 0.0335. The summed E-state index contributed by atoms with van der Waals surface area (Å²) in [6, 6.07) is 11.1. The van der Waals surface area contributed by atoms with Crippen LogP contribution in [0.4, 0.5) is 5.69 Å². The van der Waals surface area contributed by atoms with Crippen molar-refractivity contribution in [3.8, 4) is 5.75 Å². The molecule has 11 heteroatoms. The Morgan fingerprint density at radius 1 is 1.11 bits per heavy atom. The van der Waals surface area contributed by atoms with Crippen LogP contribution in [0.3, 0.4) is 0 Å². The van der Waals surface area contributed by atoms with Crippen LogP contribution >= 0.6 is 23.2 Å². The Balaban J connectivity index is 2.19. The van der Waals surface area contributed by atoms with E-state index in [9.17, 15) is 18.0 Å². The van der Waals surface area contributed by atoms with Crippen LogP contribution in [0.25, 0.3) is 0 Å². The third kappa shape index (κ3) is 8.28. The van der Waals surface area contributed by atoms with Crippen LogP contribution in [0, 0.1) is 0 Å². The number of nitrogens with one attached hydrogen (secondary N) is 1. The van der Waals surface area contributed by atoms with Gasteiger partial charge in [0.05, 0.1) is 24.1 Å². The monoisotopic (exact) mass is 557 g/mol. The van der Waals surface area contributed by atoms with Gasteiger partial charge in [0, 0.05) is 31.1 Å². The lowest BCUT2D eigenvalue weighted by atomic mass is 10.1. The molecule has 0 radical (unpaired) electrons. The third-order valence-electron chi connectivity index (χ3n) is 5.59. The number of amides is 2. The SMILES string of the molecule is CCCNC(=O)[C@@H](C)N(Cc1ccccc1Cl)C(=O)CCCN(c1ccc(OC)c(Cl)c1)S(C)(=O)=O. The Bertz CT molecular complexity index is 1160. The summed E-state index contributed by atoms with van der Waals surface area (Å²) in [5.74, 6) is -0.118. The average molecular weight is 559 g/mol. The van der Waals surface area contributed by atoms with Crippen molar-refractivity contribution in [3.05, 3.63) is 58.1 Å². The van der Waals surface area contributed by atoms with Gasteiger partial charge in [-0.2, -0.15) is 0 Å². The second-order valence-corrected chi connectivity index (χ2v) is 11.1. The standard InChI is InChI=1S/C25H33Cl2N3O5S/c1-5-14-28-25(32)18(2)29(17-19-9-6-7-10-21(19)26)24(31)11-8-15-30(36(4,33)34)20-12-13-23(35-3)22(27)16-20/h6-7,9-10,12-13,16,18H,5,8,11,14-15,17H2,1-4H3,(H,28,32)/t18-/m1/s1. The molecule has 0 fully saturated rings. The number of methoxy groups -OCH3 is 1. The van der Waals surface area contributed by atoms with Gasteiger partial charge in [0.15, 0.2) is 0 Å². The first-order chi connectivity index (χ1) is 17.0. The number of sulfonamides is 1. The molecule has 0 heterocycles. The quantitative estimate of drug-likeness (QED) is 0.391. The van der Waals surface area contributed by atoms with Gasteiger partial charge in [-0.1, -0.05) is 48.3 Å². The van der Waals surface area contributed by atoms with E-state index in [1.807, 2.05) is 13.0 Å². The lowest BCUT2D eigenvalue weighted by Crippen LogP contribution is -2.47. The van der Waals surface area contributed by atoms with E-state index in [0.717, 1.165) is 12.7 Å². The first kappa shape index (κ1) is 29.7. The predicted molar refractivity (Wildman–Crippen MR) is 144 cm³/mol. The number of benzene rings is 2. The molecule has 2 rings (SSSR count). The number of halogens is 2. The van der Waals surface area contributed by atoms with E-state index in [0.29, 0.717) is 28.6 Å². The van der Waals surface area contributed by atoms with E-state index < -0.39 is 16.1 Å². The van der Waals surface area contributed by atoms with Crippen LogP contribution in [-0.2, 0) is 26.2 Å². The van der Waals surface area contributed by atoms with Gasteiger partial charge in [0.2, 0.25) is 21.8 Å². The third-order valence-corrected chi connectivity index (χ3v) is 7.45. The number of ether oxygens (including phenoxy) is 1. The van der Waals surface area contributed by atoms with Crippen molar-refractivity contribution in [1.29, 1.82) is 0 Å². The van der Waals surface area contributed by atoms with Crippen LogP contribution in [0.15, 0.2) is 42.5 Å². The van der Waals surface area contributed by atoms with Gasteiger partial charge in [-0.05, 0) is 49.6 Å². The highest BCUT2D eigenvalue weighted by Gasteiger charge is 2.27. The molecule has 0 aromatic heterocycles. The molecule has 8 nitrogen and oxygen atoms in total. The van der Waals surface area contributed by atoms with Crippen molar-refractivity contribution in [2.45, 2.75) is 45.7 Å². The summed E-state index contributed by atoms with van der Waals surface area (Å²) >= 11 is 12.5. The van der Waals surface area contributed by atoms with E-state index in [2.05, 4.69) is 5.32 Å². The maximum absolute atomic E-state index is 13.3. The van der Waals surface area contributed by atoms with Crippen molar-refractivity contribution in [2.75, 3.05) is 30.8 Å². The van der Waals surface area contributed by atoms with Crippen molar-refractivity contribution >= 4 is 50.7 Å². The summed E-state index contributed by atoms with van der Waals surface area (Å²) in [5.41, 5.74) is 1.09. The maximum atomic E-state index is 13.3. The van der Waals surface area contributed by atoms with E-state index in [-0.39, 0.29) is 42.8 Å². The maximum Gasteiger partial charge on any atom is 0.242 e. The zero-order valence-electron chi connectivity index (χ0n) is 21.0. The van der Waals surface area contributed by atoms with Crippen molar-refractivity contribution in [3.63, 3.8) is 0 Å². The predicted octanol–water partition coefficient (Wildman–Crippen LogP) is 4.49. The second kappa shape index (κ2) is 13.7. The Morgan fingerprint density at radius 3 is 2.39 bits per heavy atom. The molecule has 0 saturated heterocycles. The van der Waals surface area contributed by atoms with Crippen molar-refractivity contribution < 1.29 is 22.7 Å². The lowest BCUT2D eigenvalue weighted by molar-refractivity contribution is -0.140. The van der Waals surface area contributed by atoms with Gasteiger partial charge in [-0.3, -0.25) is 13.9 Å². The number of carbonyl (C=O) groups excluding carboxylic acids is 2. The lowest BCUT2D eigenvalue weighted by Gasteiger charge is -2.29. The number of nitrogens with zero attached hydrogens (tertiary/aromatic N) is 2. The number of hydrogen-bond donors (Lipinski definition) is 1. The van der Waals surface area contributed by atoms with Gasteiger partial charge in [-0.25, -0.2) is 8.42 Å². The first-order valence-corrected chi connectivity index (χ1v) is 14.2. The molecule has 1 atom stereocenters. The fourth-order valence-electron chi connectivity index (χ4n) is 3.60. The normalized spacial score (nSPS) is 12.1. The van der Waals surface area contributed by atoms with Gasteiger partial charge in [0.1, 0.15) is 11.8 Å². The van der Waals surface area contributed by atoms with E-state index in [4.69, 9.17) is 27.9 Å². The Kier molecular flexibility index (Phi) is 11.3. The van der Waals surface area contributed by atoms with Crippen LogP contribution in [0.2, 0.25) is 10.0 Å². The van der Waals surface area contributed by atoms with Crippen LogP contribution in [0.1, 0.15) is 38.7 Å². The van der Waals surface area contributed by atoms with Gasteiger partial charge >= 0.3 is 0 Å². The summed E-state index contributed by atoms with van der Waals surface area (Å²) in [4.78, 5) is 27.4. The summed E-state index contributed by atoms with van der Waals surface area (Å²) < 4.78 is 31.3. The summed E-state index contributed by atoms with van der Waals surface area (Å²) in [6.07, 6.45) is 2.13. The Labute approximate surface area is 223 Å². The summed E-state index contributed by atoms with van der Waals surface area (Å²) in [7, 11) is -2.17. The molecular formula is C25H33Cl2N3O5S. The molecule has 2 amide bonds. The van der Waals surface area contributed by atoms with Crippen LogP contribution < -0.4 is 14.4 Å². The molecule has 2 aromatic rings. The largest absolute Gasteiger partial charge is 0.495 e. The number of anilines is 1. The summed E-state index contributed by atoms with van der Waals surface area (Å²) in [6.45, 7) is 4.33. The molecule has 198 valence electrons. The zero-order chi connectivity index (χ0) is 26.9. The molecule has 0 bridgehead atoms. The number of hydrogen-bond acceptors (Lipinski definition) is 5. The van der Waals surface area contributed by atoms with Gasteiger partial charge < -0.3 is 15.0 Å². The fourth-order valence-corrected chi connectivity index (χ4v) is 5.01. The first-order valence-electron chi connectivity index (χ1n) is 11.6. The number of rotatable bonds is 13. The van der Waals surface area contributed by atoms with E-state index in [1.54, 1.807) is 37.3 Å². The average Bonchev–Trinajstić information content (AvgIpc) is 2.83. The van der Waals surface area contributed by atoms with Gasteiger partial charge in [0.25, 0.3) is 0 Å². The van der Waals surface area contributed by atoms with Crippen LogP contribution in [0.5, 0.6) is 5.75 Å². The molecule has 1 N–H and O–H groups in total. The topological polar surface area (TPSA) is 96.0 Å². The Morgan fingerprint density at radius 2 is 1.81 bits per heavy atom. The smallest absolute Gasteiger partial charge is 0.242 e. The zero-order valence-corrected chi connectivity index (χ0v) is 23.3. The molecule has 0 spiro atoms. The van der Waals surface area contributed by atoms with Crippen molar-refractivity contribution in [1.82, 2.24) is 10.2 Å². The minimum Gasteiger partial charge on any atom is -0.495 e. The summed E-state index contributed by atoms with van der Waals surface area (Å²) in [5, 5.41) is 3.59. The second-order valence-electron chi connectivity index (χ2n) is 8.34. The molecule has 2 aromatic carbocycles. The molecule has 0 aliphatic rings. The molecule has 36 heavy (non-hydrogen) atoms. The molecule has 0 aliphatic heterocycles.